The van der Waals surface area contributed by atoms with Crippen LogP contribution in [0.5, 0.6) is 0 Å². The zero-order chi connectivity index (χ0) is 13.1. The molecule has 0 aliphatic carbocycles. The van der Waals surface area contributed by atoms with Gasteiger partial charge < -0.3 is 0 Å². The maximum atomic E-state index is 12.0. The molecule has 1 N–H and O–H groups in total. The fraction of sp³-hybridized carbons (Fsp3) is 0.556. The molecule has 0 amide bonds. The molecule has 1 aromatic heterocycles. The number of nitrogens with zero attached hydrogens (tertiary/aromatic N) is 3. The molecule has 1 atom stereocenters. The summed E-state index contributed by atoms with van der Waals surface area (Å²) in [4.78, 5) is 0. The fourth-order valence-corrected chi connectivity index (χ4v) is 3.22. The lowest BCUT2D eigenvalue weighted by molar-refractivity contribution is 0.547. The summed E-state index contributed by atoms with van der Waals surface area (Å²) in [7, 11) is -2.34. The van der Waals surface area contributed by atoms with Gasteiger partial charge >= 0.3 is 0 Å². The van der Waals surface area contributed by atoms with Crippen LogP contribution in [-0.2, 0) is 17.1 Å². The first kappa shape index (κ1) is 14.0. The van der Waals surface area contributed by atoms with E-state index in [1.807, 2.05) is 13.0 Å². The SMILES string of the molecule is CCCC(C#N)NS(=O)(=O)c1c(Cl)cnn1C. The van der Waals surface area contributed by atoms with Gasteiger partial charge in [0.15, 0.2) is 5.03 Å². The van der Waals surface area contributed by atoms with Crippen LogP contribution in [0, 0.1) is 11.3 Å². The minimum absolute atomic E-state index is 0.0354. The minimum atomic E-state index is -3.82. The zero-order valence-corrected chi connectivity index (χ0v) is 11.1. The summed E-state index contributed by atoms with van der Waals surface area (Å²) in [5, 5.41) is 12.5. The Morgan fingerprint density at radius 3 is 2.76 bits per heavy atom. The normalized spacial score (nSPS) is 13.3. The molecule has 6 nitrogen and oxygen atoms in total. The maximum absolute atomic E-state index is 12.0. The van der Waals surface area contributed by atoms with Gasteiger partial charge in [-0.25, -0.2) is 8.42 Å². The van der Waals surface area contributed by atoms with E-state index in [1.54, 1.807) is 0 Å². The van der Waals surface area contributed by atoms with E-state index in [0.717, 1.165) is 4.68 Å². The molecule has 0 spiro atoms. The van der Waals surface area contributed by atoms with Crippen molar-refractivity contribution >= 4 is 21.6 Å². The summed E-state index contributed by atoms with van der Waals surface area (Å²) in [6, 6.07) is 1.14. The highest BCUT2D eigenvalue weighted by atomic mass is 35.5. The third kappa shape index (κ3) is 3.19. The van der Waals surface area contributed by atoms with Gasteiger partial charge in [-0.1, -0.05) is 24.9 Å². The van der Waals surface area contributed by atoms with Crippen LogP contribution in [0.15, 0.2) is 11.2 Å². The Balaban J connectivity index is 3.01. The van der Waals surface area contributed by atoms with E-state index in [1.165, 1.54) is 13.2 Å². The van der Waals surface area contributed by atoms with E-state index < -0.39 is 16.1 Å². The summed E-state index contributed by atoms with van der Waals surface area (Å²) in [6.45, 7) is 1.87. The molecule has 0 aliphatic rings. The smallest absolute Gasteiger partial charge is 0.255 e. The van der Waals surface area contributed by atoms with Gasteiger partial charge in [-0.2, -0.15) is 15.1 Å². The predicted molar refractivity (Wildman–Crippen MR) is 62.8 cm³/mol. The van der Waals surface area contributed by atoms with Gasteiger partial charge in [0, 0.05) is 7.05 Å². The number of aromatic nitrogens is 2. The van der Waals surface area contributed by atoms with Crippen LogP contribution in [0.3, 0.4) is 0 Å². The second-order valence-corrected chi connectivity index (χ2v) is 5.55. The highest BCUT2D eigenvalue weighted by molar-refractivity contribution is 7.89. The highest BCUT2D eigenvalue weighted by Crippen LogP contribution is 2.20. The van der Waals surface area contributed by atoms with Crippen LogP contribution < -0.4 is 4.72 Å². The Morgan fingerprint density at radius 1 is 1.71 bits per heavy atom. The zero-order valence-electron chi connectivity index (χ0n) is 9.51. The van der Waals surface area contributed by atoms with Gasteiger partial charge in [0.1, 0.15) is 6.04 Å². The second kappa shape index (κ2) is 5.49. The number of sulfonamides is 1. The summed E-state index contributed by atoms with van der Waals surface area (Å²) in [5.74, 6) is 0. The van der Waals surface area contributed by atoms with Crippen molar-refractivity contribution < 1.29 is 8.42 Å². The van der Waals surface area contributed by atoms with Gasteiger partial charge in [-0.15, -0.1) is 0 Å². The molecule has 1 aromatic rings. The van der Waals surface area contributed by atoms with Crippen molar-refractivity contribution in [1.29, 1.82) is 5.26 Å². The molecule has 1 heterocycles. The lowest BCUT2D eigenvalue weighted by atomic mass is 10.2. The molecule has 1 rings (SSSR count). The van der Waals surface area contributed by atoms with Crippen molar-refractivity contribution in [3.8, 4) is 6.07 Å². The van der Waals surface area contributed by atoms with E-state index in [-0.39, 0.29) is 10.0 Å². The molecule has 1 unspecified atom stereocenters. The molecular formula is C9H13ClN4O2S. The molecule has 8 heteroatoms. The average molecular weight is 277 g/mol. The first-order valence-electron chi connectivity index (χ1n) is 5.01. The minimum Gasteiger partial charge on any atom is -0.255 e. The molecule has 0 bridgehead atoms. The topological polar surface area (TPSA) is 87.8 Å². The van der Waals surface area contributed by atoms with Crippen LogP contribution in [-0.4, -0.2) is 24.2 Å². The van der Waals surface area contributed by atoms with Crippen molar-refractivity contribution in [3.05, 3.63) is 11.2 Å². The maximum Gasteiger partial charge on any atom is 0.260 e. The van der Waals surface area contributed by atoms with Crippen LogP contribution >= 0.6 is 11.6 Å². The molecule has 0 aliphatic heterocycles. The number of hydrogen-bond acceptors (Lipinski definition) is 4. The summed E-state index contributed by atoms with van der Waals surface area (Å²) >= 11 is 5.75. The average Bonchev–Trinajstić information content (AvgIpc) is 2.58. The molecule has 17 heavy (non-hydrogen) atoms. The first-order chi connectivity index (χ1) is 7.92. The Bertz CT molecular complexity index is 512. The number of rotatable bonds is 5. The summed E-state index contributed by atoms with van der Waals surface area (Å²) < 4.78 is 27.4. The molecule has 0 saturated heterocycles. The van der Waals surface area contributed by atoms with Crippen molar-refractivity contribution in [2.45, 2.75) is 30.8 Å². The molecule has 0 saturated carbocycles. The predicted octanol–water partition coefficient (Wildman–Crippen LogP) is 1.04. The van der Waals surface area contributed by atoms with Crippen molar-refractivity contribution in [3.63, 3.8) is 0 Å². The van der Waals surface area contributed by atoms with E-state index in [4.69, 9.17) is 16.9 Å². The van der Waals surface area contributed by atoms with E-state index in [9.17, 15) is 8.42 Å². The van der Waals surface area contributed by atoms with E-state index in [0.29, 0.717) is 12.8 Å². The Kier molecular flexibility index (Phi) is 4.51. The lowest BCUT2D eigenvalue weighted by Gasteiger charge is -2.11. The van der Waals surface area contributed by atoms with Gasteiger partial charge in [0.2, 0.25) is 0 Å². The fourth-order valence-electron chi connectivity index (χ4n) is 1.38. The molecule has 0 aromatic carbocycles. The van der Waals surface area contributed by atoms with Crippen LogP contribution in [0.1, 0.15) is 19.8 Å². The largest absolute Gasteiger partial charge is 0.260 e. The van der Waals surface area contributed by atoms with Gasteiger partial charge in [-0.3, -0.25) is 4.68 Å². The molecule has 0 radical (unpaired) electrons. The van der Waals surface area contributed by atoms with E-state index >= 15 is 0 Å². The number of nitrogens with one attached hydrogen (secondary N) is 1. The van der Waals surface area contributed by atoms with Crippen molar-refractivity contribution in [1.82, 2.24) is 14.5 Å². The second-order valence-electron chi connectivity index (χ2n) is 3.51. The van der Waals surface area contributed by atoms with Crippen LogP contribution in [0.25, 0.3) is 0 Å². The number of halogens is 1. The quantitative estimate of drug-likeness (QED) is 0.870. The lowest BCUT2D eigenvalue weighted by Crippen LogP contribution is -2.34. The number of aryl methyl sites for hydroxylation is 1. The Labute approximate surface area is 105 Å². The van der Waals surface area contributed by atoms with Crippen LogP contribution in [0.2, 0.25) is 5.02 Å². The van der Waals surface area contributed by atoms with Crippen molar-refractivity contribution in [2.24, 2.45) is 7.05 Å². The third-order valence-corrected chi connectivity index (χ3v) is 4.10. The van der Waals surface area contributed by atoms with Crippen molar-refractivity contribution in [2.75, 3.05) is 0 Å². The highest BCUT2D eigenvalue weighted by Gasteiger charge is 2.25. The molecule has 94 valence electrons. The third-order valence-electron chi connectivity index (χ3n) is 2.13. The number of hydrogen-bond donors (Lipinski definition) is 1. The standard InChI is InChI=1S/C9H13ClN4O2S/c1-3-4-7(5-11)13-17(15,16)9-8(10)6-12-14(9)2/h6-7,13H,3-4H2,1-2H3. The number of nitriles is 1. The Morgan fingerprint density at radius 2 is 2.35 bits per heavy atom. The summed E-state index contributed by atoms with van der Waals surface area (Å²) in [5.41, 5.74) is 0. The molecule has 0 fully saturated rings. The van der Waals surface area contributed by atoms with Gasteiger partial charge in [-0.05, 0) is 6.42 Å². The first-order valence-corrected chi connectivity index (χ1v) is 6.88. The van der Waals surface area contributed by atoms with Gasteiger partial charge in [0.25, 0.3) is 10.0 Å². The summed E-state index contributed by atoms with van der Waals surface area (Å²) in [6.07, 6.45) is 2.41. The molecular weight excluding hydrogens is 264 g/mol. The van der Waals surface area contributed by atoms with Gasteiger partial charge in [0.05, 0.1) is 17.3 Å². The monoisotopic (exact) mass is 276 g/mol. The van der Waals surface area contributed by atoms with Crippen LogP contribution in [0.4, 0.5) is 0 Å². The Hall–Kier alpha value is -1.10. The van der Waals surface area contributed by atoms with E-state index in [2.05, 4.69) is 9.82 Å².